The molecule has 25 heavy (non-hydrogen) atoms. The van der Waals surface area contributed by atoms with E-state index >= 15 is 0 Å². The third-order valence-corrected chi connectivity index (χ3v) is 4.84. The number of imidazole rings is 1. The Hall–Kier alpha value is -3.00. The molecule has 4 aromatic rings. The van der Waals surface area contributed by atoms with Crippen molar-refractivity contribution in [3.8, 4) is 5.69 Å². The summed E-state index contributed by atoms with van der Waals surface area (Å²) in [5.41, 5.74) is 3.33. The van der Waals surface area contributed by atoms with Gasteiger partial charge >= 0.3 is 0 Å². The van der Waals surface area contributed by atoms with E-state index in [1.54, 1.807) is 24.0 Å². The first-order chi connectivity index (χ1) is 12.1. The van der Waals surface area contributed by atoms with Crippen LogP contribution in [0.1, 0.15) is 26.6 Å². The molecule has 0 saturated heterocycles. The summed E-state index contributed by atoms with van der Waals surface area (Å²) in [5, 5.41) is 10.6. The molecule has 3 heterocycles. The zero-order valence-electron chi connectivity index (χ0n) is 13.8. The van der Waals surface area contributed by atoms with Crippen LogP contribution in [0.15, 0.2) is 43.1 Å². The smallest absolute Gasteiger partial charge is 0.270 e. The molecular weight excluding hydrogens is 336 g/mol. The fourth-order valence-electron chi connectivity index (χ4n) is 2.72. The van der Waals surface area contributed by atoms with Crippen molar-refractivity contribution in [3.05, 3.63) is 64.9 Å². The fourth-order valence-corrected chi connectivity index (χ4v) is 3.59. The molecule has 0 bridgehead atoms. The molecule has 126 valence electrons. The van der Waals surface area contributed by atoms with Gasteiger partial charge in [0.1, 0.15) is 18.3 Å². The Morgan fingerprint density at radius 2 is 1.88 bits per heavy atom. The van der Waals surface area contributed by atoms with Crippen LogP contribution in [0.3, 0.4) is 0 Å². The van der Waals surface area contributed by atoms with Crippen molar-refractivity contribution in [1.82, 2.24) is 29.5 Å². The van der Waals surface area contributed by atoms with Gasteiger partial charge in [-0.1, -0.05) is 12.1 Å². The number of hydrogen-bond donors (Lipinski definition) is 1. The Bertz CT molecular complexity index is 1030. The first-order valence-corrected chi connectivity index (χ1v) is 8.61. The summed E-state index contributed by atoms with van der Waals surface area (Å²) in [7, 11) is 0. The summed E-state index contributed by atoms with van der Waals surface area (Å²) in [6.07, 6.45) is 5.24. The highest BCUT2D eigenvalue weighted by Crippen LogP contribution is 2.20. The van der Waals surface area contributed by atoms with Crippen LogP contribution >= 0.6 is 11.3 Å². The first kappa shape index (κ1) is 15.5. The molecule has 0 saturated carbocycles. The minimum absolute atomic E-state index is 0.120. The third kappa shape index (κ3) is 2.91. The molecule has 0 unspecified atom stereocenters. The summed E-state index contributed by atoms with van der Waals surface area (Å²) in [5.74, 6) is -0.120. The van der Waals surface area contributed by atoms with E-state index in [0.717, 1.165) is 26.8 Å². The predicted molar refractivity (Wildman–Crippen MR) is 95.1 cm³/mol. The van der Waals surface area contributed by atoms with E-state index in [9.17, 15) is 4.79 Å². The Labute approximate surface area is 148 Å². The molecule has 7 nitrogen and oxygen atoms in total. The molecule has 0 fully saturated rings. The van der Waals surface area contributed by atoms with Crippen molar-refractivity contribution in [2.75, 3.05) is 0 Å². The lowest BCUT2D eigenvalue weighted by atomic mass is 10.2. The molecule has 4 rings (SSSR count). The second-order valence-corrected chi connectivity index (χ2v) is 6.97. The van der Waals surface area contributed by atoms with E-state index in [1.165, 1.54) is 0 Å². The number of carbonyl (C=O) groups excluding carboxylic acids is 1. The quantitative estimate of drug-likeness (QED) is 0.612. The highest BCUT2D eigenvalue weighted by atomic mass is 32.1. The average molecular weight is 352 g/mol. The van der Waals surface area contributed by atoms with E-state index < -0.39 is 0 Å². The average Bonchev–Trinajstić information content (AvgIpc) is 3.29. The summed E-state index contributed by atoms with van der Waals surface area (Å²) in [6.45, 7) is 4.32. The normalized spacial score (nSPS) is 11.1. The summed E-state index contributed by atoms with van der Waals surface area (Å²) < 4.78 is 3.69. The van der Waals surface area contributed by atoms with Crippen LogP contribution in [-0.4, -0.2) is 30.1 Å². The van der Waals surface area contributed by atoms with Crippen molar-refractivity contribution >= 4 is 22.2 Å². The van der Waals surface area contributed by atoms with Gasteiger partial charge in [0.05, 0.1) is 5.69 Å². The monoisotopic (exact) mass is 352 g/mol. The Balaban J connectivity index is 1.49. The van der Waals surface area contributed by atoms with Gasteiger partial charge in [0.25, 0.3) is 5.91 Å². The Kier molecular flexibility index (Phi) is 3.81. The molecule has 3 aromatic heterocycles. The summed E-state index contributed by atoms with van der Waals surface area (Å²) in [6, 6.07) is 7.89. The number of benzene rings is 1. The molecule has 0 aliphatic heterocycles. The molecule has 0 atom stereocenters. The van der Waals surface area contributed by atoms with Gasteiger partial charge in [-0.05, 0) is 31.5 Å². The van der Waals surface area contributed by atoms with Gasteiger partial charge in [0, 0.05) is 23.3 Å². The number of hydrogen-bond acceptors (Lipinski definition) is 5. The van der Waals surface area contributed by atoms with Crippen molar-refractivity contribution in [1.29, 1.82) is 0 Å². The zero-order valence-corrected chi connectivity index (χ0v) is 14.6. The number of fused-ring (bicyclic) bond motifs is 1. The van der Waals surface area contributed by atoms with Gasteiger partial charge in [-0.2, -0.15) is 0 Å². The van der Waals surface area contributed by atoms with E-state index in [0.29, 0.717) is 12.2 Å². The number of aryl methyl sites for hydroxylation is 2. The van der Waals surface area contributed by atoms with Gasteiger partial charge in [-0.3, -0.25) is 13.8 Å². The second-order valence-electron chi connectivity index (χ2n) is 5.76. The molecule has 0 aliphatic carbocycles. The Morgan fingerprint density at radius 3 is 2.60 bits per heavy atom. The maximum Gasteiger partial charge on any atom is 0.270 e. The third-order valence-electron chi connectivity index (χ3n) is 3.94. The van der Waals surface area contributed by atoms with Crippen LogP contribution < -0.4 is 5.32 Å². The number of aromatic nitrogens is 5. The van der Waals surface area contributed by atoms with E-state index in [2.05, 4.69) is 20.5 Å². The highest BCUT2D eigenvalue weighted by Gasteiger charge is 2.17. The number of amides is 1. The van der Waals surface area contributed by atoms with Crippen LogP contribution in [0.2, 0.25) is 0 Å². The second kappa shape index (κ2) is 6.14. The van der Waals surface area contributed by atoms with Crippen molar-refractivity contribution < 1.29 is 4.79 Å². The minimum Gasteiger partial charge on any atom is -0.347 e. The van der Waals surface area contributed by atoms with Crippen molar-refractivity contribution in [3.63, 3.8) is 0 Å². The van der Waals surface area contributed by atoms with Gasteiger partial charge in [-0.25, -0.2) is 4.98 Å². The van der Waals surface area contributed by atoms with Crippen LogP contribution in [0.4, 0.5) is 0 Å². The largest absolute Gasteiger partial charge is 0.347 e. The fraction of sp³-hybridized carbons (Fsp3) is 0.176. The molecule has 0 aliphatic rings. The number of carbonyl (C=O) groups is 1. The maximum absolute atomic E-state index is 12.6. The van der Waals surface area contributed by atoms with E-state index in [-0.39, 0.29) is 5.91 Å². The van der Waals surface area contributed by atoms with E-state index in [1.807, 2.05) is 53.3 Å². The standard InChI is InChI=1S/C17H16N6OS/c1-11-8-23-15(12(2)21-17(23)25-11)16(24)18-7-13-3-5-14(6-4-13)22-9-19-20-10-22/h3-6,8-10H,7H2,1-2H3,(H,18,24). The molecule has 8 heteroatoms. The van der Waals surface area contributed by atoms with E-state index in [4.69, 9.17) is 0 Å². The van der Waals surface area contributed by atoms with Crippen LogP contribution in [0, 0.1) is 13.8 Å². The summed E-state index contributed by atoms with van der Waals surface area (Å²) >= 11 is 1.58. The molecule has 1 aromatic carbocycles. The van der Waals surface area contributed by atoms with Gasteiger partial charge in [-0.15, -0.1) is 21.5 Å². The highest BCUT2D eigenvalue weighted by molar-refractivity contribution is 7.17. The van der Waals surface area contributed by atoms with Crippen molar-refractivity contribution in [2.45, 2.75) is 20.4 Å². The SMILES string of the molecule is Cc1cn2c(C(=O)NCc3ccc(-n4cnnc4)cc3)c(C)nc2s1. The lowest BCUT2D eigenvalue weighted by Gasteiger charge is -2.07. The molecular formula is C17H16N6OS. The van der Waals surface area contributed by atoms with Crippen molar-refractivity contribution in [2.24, 2.45) is 0 Å². The lowest BCUT2D eigenvalue weighted by Crippen LogP contribution is -2.24. The predicted octanol–water partition coefficient (Wildman–Crippen LogP) is 2.52. The number of nitrogens with zero attached hydrogens (tertiary/aromatic N) is 5. The maximum atomic E-state index is 12.6. The molecule has 0 radical (unpaired) electrons. The lowest BCUT2D eigenvalue weighted by molar-refractivity contribution is 0.0944. The number of nitrogens with one attached hydrogen (secondary N) is 1. The van der Waals surface area contributed by atoms with Crippen LogP contribution in [0.5, 0.6) is 0 Å². The first-order valence-electron chi connectivity index (χ1n) is 7.79. The molecule has 1 N–H and O–H groups in total. The van der Waals surface area contributed by atoms with Crippen LogP contribution in [-0.2, 0) is 6.54 Å². The van der Waals surface area contributed by atoms with Gasteiger partial charge in [0.2, 0.25) is 0 Å². The number of thiazole rings is 1. The van der Waals surface area contributed by atoms with Gasteiger partial charge < -0.3 is 5.32 Å². The molecule has 1 amide bonds. The number of rotatable bonds is 4. The minimum atomic E-state index is -0.120. The zero-order chi connectivity index (χ0) is 17.4. The Morgan fingerprint density at radius 1 is 1.16 bits per heavy atom. The topological polar surface area (TPSA) is 77.1 Å². The summed E-state index contributed by atoms with van der Waals surface area (Å²) in [4.78, 5) is 19.0. The van der Waals surface area contributed by atoms with Crippen LogP contribution in [0.25, 0.3) is 10.6 Å². The van der Waals surface area contributed by atoms with Gasteiger partial charge in [0.15, 0.2) is 4.96 Å². The molecule has 0 spiro atoms.